The molecule has 0 radical (unpaired) electrons. The molecule has 5 nitrogen and oxygen atoms in total. The van der Waals surface area contributed by atoms with Crippen LogP contribution in [-0.4, -0.2) is 15.2 Å². The van der Waals surface area contributed by atoms with Gasteiger partial charge in [0, 0.05) is 12.3 Å². The van der Waals surface area contributed by atoms with E-state index in [-0.39, 0.29) is 6.61 Å². The molecule has 0 bridgehead atoms. The zero-order chi connectivity index (χ0) is 11.5. The molecule has 0 fully saturated rings. The van der Waals surface area contributed by atoms with Gasteiger partial charge in [-0.3, -0.25) is 4.98 Å². The zero-order valence-corrected chi connectivity index (χ0v) is 8.64. The summed E-state index contributed by atoms with van der Waals surface area (Å²) in [5, 5.41) is 21.4. The Hall–Kier alpha value is -2.19. The molecule has 0 atom stereocenters. The number of hydrogen-bond acceptors (Lipinski definition) is 5. The van der Waals surface area contributed by atoms with Crippen LogP contribution in [0.2, 0.25) is 0 Å². The van der Waals surface area contributed by atoms with E-state index >= 15 is 0 Å². The minimum absolute atomic E-state index is 0.192. The Balaban J connectivity index is 2.42. The summed E-state index contributed by atoms with van der Waals surface area (Å²) in [6.45, 7) is 1.64. The Bertz CT molecular complexity index is 555. The first-order chi connectivity index (χ1) is 7.74. The minimum Gasteiger partial charge on any atom is -0.388 e. The van der Waals surface area contributed by atoms with Crippen molar-refractivity contribution in [3.8, 4) is 17.5 Å². The number of aliphatic hydroxyl groups is 1. The highest BCUT2D eigenvalue weighted by atomic mass is 16.5. The van der Waals surface area contributed by atoms with E-state index in [2.05, 4.69) is 10.1 Å². The van der Waals surface area contributed by atoms with E-state index in [0.717, 1.165) is 5.56 Å². The lowest BCUT2D eigenvalue weighted by molar-refractivity contribution is 0.229. The van der Waals surface area contributed by atoms with Crippen molar-refractivity contribution in [2.24, 2.45) is 0 Å². The van der Waals surface area contributed by atoms with Gasteiger partial charge in [0.1, 0.15) is 18.4 Å². The number of aliphatic hydroxyl groups excluding tert-OH is 1. The van der Waals surface area contributed by atoms with Crippen molar-refractivity contribution in [1.82, 2.24) is 10.1 Å². The van der Waals surface area contributed by atoms with Crippen LogP contribution in [0.15, 0.2) is 22.9 Å². The summed E-state index contributed by atoms with van der Waals surface area (Å²) >= 11 is 0. The van der Waals surface area contributed by atoms with Gasteiger partial charge in [0.2, 0.25) is 0 Å². The van der Waals surface area contributed by atoms with E-state index in [1.54, 1.807) is 12.1 Å². The van der Waals surface area contributed by atoms with E-state index in [9.17, 15) is 0 Å². The fraction of sp³-hybridized carbons (Fsp3) is 0.182. The summed E-state index contributed by atoms with van der Waals surface area (Å²) in [6, 6.07) is 5.42. The third kappa shape index (κ3) is 1.78. The molecule has 16 heavy (non-hydrogen) atoms. The average Bonchev–Trinajstić information content (AvgIpc) is 2.77. The molecular weight excluding hydrogens is 206 g/mol. The van der Waals surface area contributed by atoms with E-state index in [1.165, 1.54) is 6.20 Å². The van der Waals surface area contributed by atoms with Crippen LogP contribution in [0.3, 0.4) is 0 Å². The molecule has 0 saturated heterocycles. The fourth-order valence-electron chi connectivity index (χ4n) is 1.32. The quantitative estimate of drug-likeness (QED) is 0.818. The van der Waals surface area contributed by atoms with Crippen molar-refractivity contribution in [3.05, 3.63) is 35.2 Å². The van der Waals surface area contributed by atoms with Gasteiger partial charge in [0.15, 0.2) is 5.76 Å². The molecule has 0 aliphatic heterocycles. The van der Waals surface area contributed by atoms with Crippen molar-refractivity contribution in [2.75, 3.05) is 0 Å². The van der Waals surface area contributed by atoms with Crippen LogP contribution in [0.25, 0.3) is 11.4 Å². The van der Waals surface area contributed by atoms with Crippen LogP contribution < -0.4 is 0 Å². The van der Waals surface area contributed by atoms with Crippen molar-refractivity contribution in [3.63, 3.8) is 0 Å². The number of nitriles is 1. The van der Waals surface area contributed by atoms with Gasteiger partial charge < -0.3 is 9.63 Å². The highest BCUT2D eigenvalue weighted by Crippen LogP contribution is 2.19. The minimum atomic E-state index is -0.192. The summed E-state index contributed by atoms with van der Waals surface area (Å²) in [4.78, 5) is 4.10. The Morgan fingerprint density at radius 3 is 2.81 bits per heavy atom. The number of nitrogens with zero attached hydrogens (tertiary/aromatic N) is 3. The third-order valence-electron chi connectivity index (χ3n) is 2.21. The zero-order valence-electron chi connectivity index (χ0n) is 8.64. The number of rotatable bonds is 2. The Morgan fingerprint density at radius 2 is 2.25 bits per heavy atom. The molecule has 0 spiro atoms. The predicted molar refractivity (Wildman–Crippen MR) is 55.1 cm³/mol. The molecule has 0 unspecified atom stereocenters. The van der Waals surface area contributed by atoms with Crippen LogP contribution in [-0.2, 0) is 6.61 Å². The van der Waals surface area contributed by atoms with Gasteiger partial charge in [-0.15, -0.1) is 0 Å². The molecular formula is C11H9N3O2. The first-order valence-electron chi connectivity index (χ1n) is 4.68. The molecule has 1 N–H and O–H groups in total. The van der Waals surface area contributed by atoms with Crippen LogP contribution in [0.5, 0.6) is 0 Å². The van der Waals surface area contributed by atoms with Crippen LogP contribution >= 0.6 is 0 Å². The lowest BCUT2D eigenvalue weighted by atomic mass is 10.1. The van der Waals surface area contributed by atoms with E-state index in [0.29, 0.717) is 22.7 Å². The molecule has 0 aromatic carbocycles. The molecule has 80 valence electrons. The summed E-state index contributed by atoms with van der Waals surface area (Å²) < 4.78 is 4.86. The lowest BCUT2D eigenvalue weighted by Gasteiger charge is -1.98. The SMILES string of the molecule is Cc1cc(-c2cc(CO)on2)ncc1C#N. The molecule has 2 heterocycles. The third-order valence-corrected chi connectivity index (χ3v) is 2.21. The van der Waals surface area contributed by atoms with Crippen LogP contribution in [0.1, 0.15) is 16.9 Å². The van der Waals surface area contributed by atoms with Gasteiger partial charge in [0.25, 0.3) is 0 Å². The normalized spacial score (nSPS) is 10.1. The van der Waals surface area contributed by atoms with Gasteiger partial charge in [-0.05, 0) is 18.6 Å². The maximum atomic E-state index is 8.84. The van der Waals surface area contributed by atoms with E-state index in [4.69, 9.17) is 14.9 Å². The van der Waals surface area contributed by atoms with Crippen molar-refractivity contribution < 1.29 is 9.63 Å². The number of pyridine rings is 1. The topological polar surface area (TPSA) is 82.9 Å². The second kappa shape index (κ2) is 4.13. The largest absolute Gasteiger partial charge is 0.388 e. The fourth-order valence-corrected chi connectivity index (χ4v) is 1.32. The second-order valence-corrected chi connectivity index (χ2v) is 3.33. The van der Waals surface area contributed by atoms with E-state index in [1.807, 2.05) is 13.0 Å². The molecule has 0 aliphatic rings. The molecule has 0 amide bonds. The van der Waals surface area contributed by atoms with Gasteiger partial charge in [-0.2, -0.15) is 5.26 Å². The monoisotopic (exact) mass is 215 g/mol. The Kier molecular flexibility index (Phi) is 2.66. The van der Waals surface area contributed by atoms with Gasteiger partial charge in [-0.25, -0.2) is 0 Å². The van der Waals surface area contributed by atoms with Crippen molar-refractivity contribution in [1.29, 1.82) is 5.26 Å². The van der Waals surface area contributed by atoms with Crippen LogP contribution in [0.4, 0.5) is 0 Å². The maximum Gasteiger partial charge on any atom is 0.162 e. The second-order valence-electron chi connectivity index (χ2n) is 3.33. The smallest absolute Gasteiger partial charge is 0.162 e. The number of aromatic nitrogens is 2. The highest BCUT2D eigenvalue weighted by molar-refractivity contribution is 5.56. The summed E-state index contributed by atoms with van der Waals surface area (Å²) in [5.74, 6) is 0.388. The summed E-state index contributed by atoms with van der Waals surface area (Å²) in [5.41, 5.74) is 2.55. The van der Waals surface area contributed by atoms with Gasteiger partial charge >= 0.3 is 0 Å². The molecule has 2 aromatic heterocycles. The highest BCUT2D eigenvalue weighted by Gasteiger charge is 2.08. The van der Waals surface area contributed by atoms with Gasteiger partial charge in [0.05, 0.1) is 11.3 Å². The van der Waals surface area contributed by atoms with Crippen molar-refractivity contribution in [2.45, 2.75) is 13.5 Å². The maximum absolute atomic E-state index is 8.84. The molecule has 2 aromatic rings. The standard InChI is InChI=1S/C11H9N3O2/c1-7-2-10(13-5-8(7)4-12)11-3-9(6-15)16-14-11/h2-3,5,15H,6H2,1H3. The number of aryl methyl sites for hydroxylation is 1. The molecule has 0 aliphatic carbocycles. The average molecular weight is 215 g/mol. The Morgan fingerprint density at radius 1 is 1.44 bits per heavy atom. The lowest BCUT2D eigenvalue weighted by Crippen LogP contribution is -1.89. The first-order valence-corrected chi connectivity index (χ1v) is 4.68. The Labute approximate surface area is 92.0 Å². The predicted octanol–water partition coefficient (Wildman–Crippen LogP) is 1.41. The van der Waals surface area contributed by atoms with Crippen molar-refractivity contribution >= 4 is 0 Å². The summed E-state index contributed by atoms with van der Waals surface area (Å²) in [6.07, 6.45) is 1.50. The number of hydrogen-bond donors (Lipinski definition) is 1. The first kappa shape index (κ1) is 10.3. The molecule has 0 saturated carbocycles. The van der Waals surface area contributed by atoms with Crippen LogP contribution in [0, 0.1) is 18.3 Å². The van der Waals surface area contributed by atoms with E-state index < -0.39 is 0 Å². The van der Waals surface area contributed by atoms with Gasteiger partial charge in [-0.1, -0.05) is 5.16 Å². The molecule has 2 rings (SSSR count). The molecule has 5 heteroatoms. The summed E-state index contributed by atoms with van der Waals surface area (Å²) in [7, 11) is 0.